The number of sulfonamides is 1. The first-order valence-electron chi connectivity index (χ1n) is 8.97. The zero-order valence-electron chi connectivity index (χ0n) is 15.7. The molecule has 1 aliphatic rings. The van der Waals surface area contributed by atoms with Gasteiger partial charge in [0, 0.05) is 39.1 Å². The van der Waals surface area contributed by atoms with E-state index in [1.807, 2.05) is 13.8 Å². The number of hydrogen-bond acceptors (Lipinski definition) is 5. The Hall–Kier alpha value is -1.94. The predicted molar refractivity (Wildman–Crippen MR) is 96.5 cm³/mol. The summed E-state index contributed by atoms with van der Waals surface area (Å²) in [6, 6.07) is 0. The fraction of sp³-hybridized carbons (Fsp3) is 0.688. The molecule has 10 heteroatoms. The molecule has 1 atom stereocenters. The van der Waals surface area contributed by atoms with Gasteiger partial charge in [0.25, 0.3) is 0 Å². The molecule has 1 fully saturated rings. The normalized spacial score (nSPS) is 19.2. The first-order chi connectivity index (χ1) is 12.3. The van der Waals surface area contributed by atoms with Gasteiger partial charge < -0.3 is 0 Å². The van der Waals surface area contributed by atoms with Crippen molar-refractivity contribution in [1.29, 1.82) is 0 Å². The minimum Gasteiger partial charge on any atom is -0.279 e. The van der Waals surface area contributed by atoms with Crippen molar-refractivity contribution in [2.75, 3.05) is 13.1 Å². The largest absolute Gasteiger partial charge is 0.345 e. The van der Waals surface area contributed by atoms with E-state index in [-0.39, 0.29) is 16.5 Å². The summed E-state index contributed by atoms with van der Waals surface area (Å²) in [5.74, 6) is 0.578. The summed E-state index contributed by atoms with van der Waals surface area (Å²) in [5, 5.41) is 8.52. The van der Waals surface area contributed by atoms with Crippen LogP contribution >= 0.6 is 0 Å². The highest BCUT2D eigenvalue weighted by Gasteiger charge is 2.35. The van der Waals surface area contributed by atoms with E-state index >= 15 is 0 Å². The lowest BCUT2D eigenvalue weighted by Crippen LogP contribution is -2.40. The van der Waals surface area contributed by atoms with Gasteiger partial charge in [-0.25, -0.2) is 17.9 Å². The van der Waals surface area contributed by atoms with Crippen molar-refractivity contribution in [1.82, 2.24) is 28.4 Å². The molecule has 0 aliphatic carbocycles. The summed E-state index contributed by atoms with van der Waals surface area (Å²) in [4.78, 5) is 12.4. The molecule has 9 nitrogen and oxygen atoms in total. The molecule has 1 saturated heterocycles. The van der Waals surface area contributed by atoms with E-state index in [1.54, 1.807) is 23.2 Å². The van der Waals surface area contributed by atoms with Crippen LogP contribution in [-0.2, 0) is 30.2 Å². The molecule has 2 aromatic heterocycles. The second-order valence-corrected chi connectivity index (χ2v) is 8.53. The van der Waals surface area contributed by atoms with Crippen LogP contribution in [0.25, 0.3) is 0 Å². The van der Waals surface area contributed by atoms with Crippen LogP contribution in [0.4, 0.5) is 0 Å². The van der Waals surface area contributed by atoms with Gasteiger partial charge in [-0.15, -0.1) is 0 Å². The number of hydrogen-bond donors (Lipinski definition) is 0. The number of aryl methyl sites for hydroxylation is 2. The fourth-order valence-electron chi connectivity index (χ4n) is 3.63. The van der Waals surface area contributed by atoms with Crippen molar-refractivity contribution < 1.29 is 8.42 Å². The molecule has 0 unspecified atom stereocenters. The maximum absolute atomic E-state index is 13.1. The summed E-state index contributed by atoms with van der Waals surface area (Å²) < 4.78 is 32.4. The molecule has 144 valence electrons. The van der Waals surface area contributed by atoms with Gasteiger partial charge in [0.2, 0.25) is 10.0 Å². The lowest BCUT2D eigenvalue weighted by atomic mass is 9.99. The zero-order chi connectivity index (χ0) is 19.1. The average Bonchev–Trinajstić information content (AvgIpc) is 3.15. The first-order valence-corrected chi connectivity index (χ1v) is 10.4. The average molecular weight is 382 g/mol. The molecule has 2 aromatic rings. The SMILES string of the molecule is CCn1ncc(S(=O)(=O)N2CCC[C@@H](c3nn(C)c(=O)n3CC)C2)c1C. The Kier molecular flexibility index (Phi) is 5.07. The Morgan fingerprint density at radius 2 is 2.00 bits per heavy atom. The highest BCUT2D eigenvalue weighted by Crippen LogP contribution is 2.30. The van der Waals surface area contributed by atoms with E-state index in [9.17, 15) is 13.2 Å². The number of aromatic nitrogens is 5. The predicted octanol–water partition coefficient (Wildman–Crippen LogP) is 0.695. The van der Waals surface area contributed by atoms with Gasteiger partial charge in [0.15, 0.2) is 0 Å². The third-order valence-corrected chi connectivity index (χ3v) is 7.05. The third kappa shape index (κ3) is 3.01. The van der Waals surface area contributed by atoms with Crippen LogP contribution in [0.2, 0.25) is 0 Å². The Bertz CT molecular complexity index is 955. The quantitative estimate of drug-likeness (QED) is 0.758. The smallest absolute Gasteiger partial charge is 0.279 e. The number of piperidine rings is 1. The topological polar surface area (TPSA) is 95.0 Å². The van der Waals surface area contributed by atoms with Gasteiger partial charge in [0.05, 0.1) is 11.9 Å². The van der Waals surface area contributed by atoms with Gasteiger partial charge in [-0.2, -0.15) is 14.5 Å². The first kappa shape index (κ1) is 18.8. The van der Waals surface area contributed by atoms with Crippen LogP contribution in [0.5, 0.6) is 0 Å². The van der Waals surface area contributed by atoms with Crippen molar-refractivity contribution in [3.63, 3.8) is 0 Å². The van der Waals surface area contributed by atoms with Crippen molar-refractivity contribution in [2.45, 2.75) is 57.5 Å². The van der Waals surface area contributed by atoms with E-state index in [4.69, 9.17) is 0 Å². The molecule has 0 saturated carbocycles. The molecule has 3 rings (SSSR count). The second-order valence-electron chi connectivity index (χ2n) is 6.62. The molecule has 26 heavy (non-hydrogen) atoms. The van der Waals surface area contributed by atoms with E-state index in [0.717, 1.165) is 12.8 Å². The summed E-state index contributed by atoms with van der Waals surface area (Å²) in [6.07, 6.45) is 2.98. The van der Waals surface area contributed by atoms with Crippen molar-refractivity contribution in [3.8, 4) is 0 Å². The molecular formula is C16H26N6O3S. The van der Waals surface area contributed by atoms with E-state index in [0.29, 0.717) is 37.7 Å². The minimum atomic E-state index is -3.62. The summed E-state index contributed by atoms with van der Waals surface area (Å²) in [6.45, 7) is 7.55. The molecule has 3 heterocycles. The third-order valence-electron chi connectivity index (χ3n) is 5.08. The van der Waals surface area contributed by atoms with Crippen LogP contribution in [-0.4, -0.2) is 49.9 Å². The highest BCUT2D eigenvalue weighted by molar-refractivity contribution is 7.89. The van der Waals surface area contributed by atoms with Gasteiger partial charge in [0.1, 0.15) is 10.7 Å². The maximum atomic E-state index is 13.1. The molecule has 0 aromatic carbocycles. The number of rotatable bonds is 5. The number of nitrogens with zero attached hydrogens (tertiary/aromatic N) is 6. The Labute approximate surface area is 153 Å². The molecule has 0 radical (unpaired) electrons. The fourth-order valence-corrected chi connectivity index (χ4v) is 5.32. The van der Waals surface area contributed by atoms with Crippen LogP contribution in [0.3, 0.4) is 0 Å². The standard InChI is InChI=1S/C16H26N6O3S/c1-5-21-15(18-19(4)16(21)23)13-8-7-9-20(11-13)26(24,25)14-10-17-22(6-2)12(14)3/h10,13H,5-9,11H2,1-4H3/t13-/m1/s1. The van der Waals surface area contributed by atoms with Crippen LogP contribution in [0.1, 0.15) is 44.1 Å². The van der Waals surface area contributed by atoms with Crippen molar-refractivity contribution in [3.05, 3.63) is 28.2 Å². The van der Waals surface area contributed by atoms with Gasteiger partial charge in [-0.3, -0.25) is 9.25 Å². The van der Waals surface area contributed by atoms with Gasteiger partial charge in [-0.05, 0) is 33.6 Å². The highest BCUT2D eigenvalue weighted by atomic mass is 32.2. The van der Waals surface area contributed by atoms with Crippen LogP contribution < -0.4 is 5.69 Å². The Morgan fingerprint density at radius 3 is 2.62 bits per heavy atom. The molecule has 0 N–H and O–H groups in total. The second kappa shape index (κ2) is 6.99. The minimum absolute atomic E-state index is 0.0890. The van der Waals surface area contributed by atoms with Crippen LogP contribution in [0, 0.1) is 6.92 Å². The molecule has 0 amide bonds. The monoisotopic (exact) mass is 382 g/mol. The molecule has 0 spiro atoms. The molecule has 1 aliphatic heterocycles. The summed E-state index contributed by atoms with van der Waals surface area (Å²) in [5.41, 5.74) is 0.487. The van der Waals surface area contributed by atoms with Crippen molar-refractivity contribution >= 4 is 10.0 Å². The van der Waals surface area contributed by atoms with Gasteiger partial charge >= 0.3 is 5.69 Å². The zero-order valence-corrected chi connectivity index (χ0v) is 16.5. The molecule has 0 bridgehead atoms. The maximum Gasteiger partial charge on any atom is 0.345 e. The van der Waals surface area contributed by atoms with E-state index < -0.39 is 10.0 Å². The van der Waals surface area contributed by atoms with Crippen LogP contribution in [0.15, 0.2) is 15.9 Å². The Balaban J connectivity index is 1.92. The van der Waals surface area contributed by atoms with Crippen molar-refractivity contribution in [2.24, 2.45) is 7.05 Å². The van der Waals surface area contributed by atoms with Gasteiger partial charge in [-0.1, -0.05) is 0 Å². The lowest BCUT2D eigenvalue weighted by Gasteiger charge is -2.31. The lowest BCUT2D eigenvalue weighted by molar-refractivity contribution is 0.304. The van der Waals surface area contributed by atoms with E-state index in [1.165, 1.54) is 15.2 Å². The molecular weight excluding hydrogens is 356 g/mol. The summed E-state index contributed by atoms with van der Waals surface area (Å²) in [7, 11) is -1.99. The van der Waals surface area contributed by atoms with E-state index in [2.05, 4.69) is 10.2 Å². The summed E-state index contributed by atoms with van der Waals surface area (Å²) >= 11 is 0. The Morgan fingerprint density at radius 1 is 1.27 bits per heavy atom.